The van der Waals surface area contributed by atoms with Gasteiger partial charge in [-0.1, -0.05) is 30.4 Å². The quantitative estimate of drug-likeness (QED) is 0.820. The zero-order chi connectivity index (χ0) is 13.7. The average molecular weight is 265 g/mol. The minimum absolute atomic E-state index is 0.0801. The lowest BCUT2D eigenvalue weighted by Crippen LogP contribution is -2.28. The zero-order valence-electron chi connectivity index (χ0n) is 11.7. The molecule has 3 unspecified atom stereocenters. The molecule has 4 rings (SSSR count). The Morgan fingerprint density at radius 1 is 1.30 bits per heavy atom. The van der Waals surface area contributed by atoms with E-state index in [-0.39, 0.29) is 5.41 Å². The SMILES string of the molecule is Cc1ccc(OC2=CC3CC4C=CC=CC24C3)c(N)c1. The number of rotatable bonds is 2. The number of hydrogen-bond donors (Lipinski definition) is 1. The van der Waals surface area contributed by atoms with E-state index in [9.17, 15) is 0 Å². The molecular formula is C18H19NO. The molecule has 1 aromatic rings. The van der Waals surface area contributed by atoms with Gasteiger partial charge in [0.05, 0.1) is 11.1 Å². The van der Waals surface area contributed by atoms with Gasteiger partial charge < -0.3 is 10.5 Å². The van der Waals surface area contributed by atoms with Crippen molar-refractivity contribution >= 4 is 5.69 Å². The van der Waals surface area contributed by atoms with Crippen LogP contribution in [0.3, 0.4) is 0 Å². The second kappa shape index (κ2) is 4.02. The van der Waals surface area contributed by atoms with Crippen LogP contribution >= 0.6 is 0 Å². The van der Waals surface area contributed by atoms with E-state index in [1.807, 2.05) is 25.1 Å². The largest absolute Gasteiger partial charge is 0.459 e. The molecule has 2 nitrogen and oxygen atoms in total. The van der Waals surface area contributed by atoms with Gasteiger partial charge >= 0.3 is 0 Å². The average Bonchev–Trinajstić information content (AvgIpc) is 2.95. The van der Waals surface area contributed by atoms with Crippen molar-refractivity contribution in [1.82, 2.24) is 0 Å². The predicted octanol–water partition coefficient (Wildman–Crippen LogP) is 3.99. The summed E-state index contributed by atoms with van der Waals surface area (Å²) >= 11 is 0. The fourth-order valence-corrected chi connectivity index (χ4v) is 3.94. The molecule has 1 saturated carbocycles. The molecule has 1 spiro atoms. The molecule has 1 aromatic carbocycles. The van der Waals surface area contributed by atoms with E-state index in [0.29, 0.717) is 11.8 Å². The topological polar surface area (TPSA) is 35.2 Å². The lowest BCUT2D eigenvalue weighted by atomic mass is 9.74. The molecule has 2 heteroatoms. The highest BCUT2D eigenvalue weighted by Gasteiger charge is 2.53. The van der Waals surface area contributed by atoms with Gasteiger partial charge in [-0.3, -0.25) is 0 Å². The number of anilines is 1. The Morgan fingerprint density at radius 3 is 3.05 bits per heavy atom. The predicted molar refractivity (Wildman–Crippen MR) is 81.2 cm³/mol. The maximum absolute atomic E-state index is 6.21. The van der Waals surface area contributed by atoms with E-state index >= 15 is 0 Å². The van der Waals surface area contributed by atoms with Crippen molar-refractivity contribution in [1.29, 1.82) is 0 Å². The second-order valence-corrected chi connectivity index (χ2v) is 6.27. The van der Waals surface area contributed by atoms with Crippen LogP contribution < -0.4 is 10.5 Å². The first-order valence-corrected chi connectivity index (χ1v) is 7.30. The van der Waals surface area contributed by atoms with Gasteiger partial charge in [0.1, 0.15) is 11.5 Å². The molecule has 3 aliphatic carbocycles. The summed E-state index contributed by atoms with van der Waals surface area (Å²) in [5, 5.41) is 0. The van der Waals surface area contributed by atoms with Crippen LogP contribution in [0, 0.1) is 24.2 Å². The summed E-state index contributed by atoms with van der Waals surface area (Å²) in [5.74, 6) is 3.11. The highest BCUT2D eigenvalue weighted by molar-refractivity contribution is 5.55. The fraction of sp³-hybridized carbons (Fsp3) is 0.333. The van der Waals surface area contributed by atoms with E-state index in [1.54, 1.807) is 0 Å². The van der Waals surface area contributed by atoms with E-state index in [2.05, 4.69) is 30.4 Å². The third-order valence-corrected chi connectivity index (χ3v) is 4.90. The summed E-state index contributed by atoms with van der Waals surface area (Å²) < 4.78 is 6.21. The van der Waals surface area contributed by atoms with Crippen LogP contribution in [0.15, 0.2) is 54.3 Å². The molecule has 2 N–H and O–H groups in total. The number of allylic oxidation sites excluding steroid dienone is 5. The zero-order valence-corrected chi connectivity index (χ0v) is 11.7. The lowest BCUT2D eigenvalue weighted by Gasteiger charge is -2.34. The number of fused-ring (bicyclic) bond motifs is 1. The van der Waals surface area contributed by atoms with Gasteiger partial charge in [0.15, 0.2) is 0 Å². The summed E-state index contributed by atoms with van der Waals surface area (Å²) in [6, 6.07) is 5.99. The van der Waals surface area contributed by atoms with Gasteiger partial charge in [0.2, 0.25) is 0 Å². The minimum atomic E-state index is 0.0801. The maximum atomic E-state index is 6.21. The molecule has 0 heterocycles. The number of nitrogens with two attached hydrogens (primary N) is 1. The third kappa shape index (κ3) is 1.57. The van der Waals surface area contributed by atoms with Gasteiger partial charge in [-0.05, 0) is 55.4 Å². The Hall–Kier alpha value is -1.96. The lowest BCUT2D eigenvalue weighted by molar-refractivity contribution is 0.258. The van der Waals surface area contributed by atoms with Crippen molar-refractivity contribution in [3.05, 3.63) is 59.9 Å². The molecule has 0 radical (unpaired) electrons. The number of ether oxygens (including phenoxy) is 1. The molecular weight excluding hydrogens is 246 g/mol. The van der Waals surface area contributed by atoms with Gasteiger partial charge in [-0.25, -0.2) is 0 Å². The van der Waals surface area contributed by atoms with Gasteiger partial charge in [-0.2, -0.15) is 0 Å². The van der Waals surface area contributed by atoms with E-state index in [0.717, 1.165) is 22.8 Å². The highest BCUT2D eigenvalue weighted by atomic mass is 16.5. The summed E-state index contributed by atoms with van der Waals surface area (Å²) in [7, 11) is 0. The van der Waals surface area contributed by atoms with Crippen LogP contribution in [0.4, 0.5) is 5.69 Å². The fourth-order valence-electron chi connectivity index (χ4n) is 3.94. The first kappa shape index (κ1) is 11.8. The first-order chi connectivity index (χ1) is 9.67. The van der Waals surface area contributed by atoms with Gasteiger partial charge in [0, 0.05) is 0 Å². The van der Waals surface area contributed by atoms with Crippen molar-refractivity contribution < 1.29 is 4.74 Å². The Morgan fingerprint density at radius 2 is 2.20 bits per heavy atom. The van der Waals surface area contributed by atoms with Crippen molar-refractivity contribution in [3.63, 3.8) is 0 Å². The van der Waals surface area contributed by atoms with E-state index in [4.69, 9.17) is 10.5 Å². The number of benzene rings is 1. The molecule has 102 valence electrons. The van der Waals surface area contributed by atoms with Crippen LogP contribution in [0.25, 0.3) is 0 Å². The van der Waals surface area contributed by atoms with Crippen LogP contribution in [0.2, 0.25) is 0 Å². The highest BCUT2D eigenvalue weighted by Crippen LogP contribution is 2.60. The number of nitrogen functional groups attached to an aromatic ring is 1. The Kier molecular flexibility index (Phi) is 2.38. The molecule has 0 aromatic heterocycles. The van der Waals surface area contributed by atoms with Gasteiger partial charge in [0.25, 0.3) is 0 Å². The third-order valence-electron chi connectivity index (χ3n) is 4.90. The van der Waals surface area contributed by atoms with Crippen LogP contribution in [0.5, 0.6) is 5.75 Å². The smallest absolute Gasteiger partial charge is 0.149 e. The summed E-state index contributed by atoms with van der Waals surface area (Å²) in [4.78, 5) is 0. The van der Waals surface area contributed by atoms with E-state index in [1.165, 1.54) is 12.8 Å². The van der Waals surface area contributed by atoms with Crippen molar-refractivity contribution in [2.45, 2.75) is 19.8 Å². The Bertz CT molecular complexity index is 655. The summed E-state index contributed by atoms with van der Waals surface area (Å²) in [6.45, 7) is 2.04. The molecule has 0 aliphatic heterocycles. The molecule has 2 bridgehead atoms. The monoisotopic (exact) mass is 265 g/mol. The standard InChI is InChI=1S/C18H19NO/c1-12-5-6-16(15(19)8-12)20-17-10-13-9-14-4-2-3-7-18(14,17)11-13/h2-8,10,13-14H,9,11,19H2,1H3. The van der Waals surface area contributed by atoms with E-state index < -0.39 is 0 Å². The van der Waals surface area contributed by atoms with Crippen LogP contribution in [0.1, 0.15) is 18.4 Å². The van der Waals surface area contributed by atoms with Crippen molar-refractivity contribution in [2.24, 2.45) is 17.3 Å². The first-order valence-electron chi connectivity index (χ1n) is 7.30. The molecule has 0 amide bonds. The number of hydrogen-bond acceptors (Lipinski definition) is 2. The summed E-state index contributed by atoms with van der Waals surface area (Å²) in [6.07, 6.45) is 13.7. The second-order valence-electron chi connectivity index (χ2n) is 6.27. The summed E-state index contributed by atoms with van der Waals surface area (Å²) in [5.41, 5.74) is 8.04. The molecule has 1 fully saturated rings. The normalized spacial score (nSPS) is 33.1. The number of aryl methyl sites for hydroxylation is 1. The van der Waals surface area contributed by atoms with Crippen LogP contribution in [-0.4, -0.2) is 0 Å². The molecule has 20 heavy (non-hydrogen) atoms. The molecule has 0 saturated heterocycles. The molecule has 3 aliphatic rings. The maximum Gasteiger partial charge on any atom is 0.149 e. The van der Waals surface area contributed by atoms with Gasteiger partial charge in [-0.15, -0.1) is 0 Å². The Labute approximate surface area is 119 Å². The Balaban J connectivity index is 1.68. The van der Waals surface area contributed by atoms with Crippen molar-refractivity contribution in [3.8, 4) is 5.75 Å². The van der Waals surface area contributed by atoms with Crippen molar-refractivity contribution in [2.75, 3.05) is 5.73 Å². The molecule has 3 atom stereocenters. The van der Waals surface area contributed by atoms with Crippen LogP contribution in [-0.2, 0) is 0 Å². The minimum Gasteiger partial charge on any atom is -0.459 e.